The van der Waals surface area contributed by atoms with Crippen molar-refractivity contribution in [3.8, 4) is 5.75 Å². The van der Waals surface area contributed by atoms with Crippen molar-refractivity contribution in [3.05, 3.63) is 64.1 Å². The maximum Gasteiger partial charge on any atom is 0.119 e. The molecule has 3 heteroatoms. The summed E-state index contributed by atoms with van der Waals surface area (Å²) >= 11 is 7.24. The Morgan fingerprint density at radius 3 is 2.21 bits per heavy atom. The van der Waals surface area contributed by atoms with Crippen molar-refractivity contribution in [3.63, 3.8) is 0 Å². The summed E-state index contributed by atoms with van der Waals surface area (Å²) in [4.78, 5) is 0.193. The molecule has 2 rings (SSSR count). The molecule has 0 aliphatic carbocycles. The number of hydrogen-bond acceptors (Lipinski definition) is 1. The van der Waals surface area contributed by atoms with Crippen LogP contribution < -0.4 is 4.74 Å². The highest BCUT2D eigenvalue weighted by Crippen LogP contribution is 2.32. The van der Waals surface area contributed by atoms with E-state index >= 15 is 0 Å². The van der Waals surface area contributed by atoms with Gasteiger partial charge < -0.3 is 4.74 Å². The number of ether oxygens (including phenoxy) is 1. The summed E-state index contributed by atoms with van der Waals surface area (Å²) in [5.41, 5.74) is 2.45. The fourth-order valence-electron chi connectivity index (χ4n) is 1.84. The van der Waals surface area contributed by atoms with E-state index in [-0.39, 0.29) is 10.9 Å². The van der Waals surface area contributed by atoms with Gasteiger partial charge >= 0.3 is 0 Å². The third kappa shape index (κ3) is 4.08. The van der Waals surface area contributed by atoms with Crippen LogP contribution in [0.5, 0.6) is 5.75 Å². The molecule has 0 heterocycles. The molecule has 0 fully saturated rings. The number of benzene rings is 2. The molecule has 0 N–H and O–H groups in total. The van der Waals surface area contributed by atoms with Crippen LogP contribution in [0.25, 0.3) is 0 Å². The van der Waals surface area contributed by atoms with E-state index in [1.54, 1.807) is 0 Å². The molecule has 2 aromatic rings. The molecule has 0 saturated heterocycles. The smallest absolute Gasteiger partial charge is 0.119 e. The summed E-state index contributed by atoms with van der Waals surface area (Å²) in [6.07, 6.45) is 0.204. The van der Waals surface area contributed by atoms with Crippen molar-refractivity contribution in [2.75, 3.05) is 0 Å². The quantitative estimate of drug-likeness (QED) is 0.613. The van der Waals surface area contributed by atoms with Crippen molar-refractivity contribution in [2.45, 2.75) is 24.8 Å². The standard InChI is InChI=1S/C16H16Br2O/c1-11(2)19-15-8-6-12(7-9-15)16(18)13-4-3-5-14(17)10-13/h3-11,16H,1-2H3. The number of halogens is 2. The minimum Gasteiger partial charge on any atom is -0.491 e. The van der Waals surface area contributed by atoms with Gasteiger partial charge in [0.05, 0.1) is 10.9 Å². The van der Waals surface area contributed by atoms with Gasteiger partial charge in [0.15, 0.2) is 0 Å². The van der Waals surface area contributed by atoms with Gasteiger partial charge in [0.1, 0.15) is 5.75 Å². The van der Waals surface area contributed by atoms with E-state index in [9.17, 15) is 0 Å². The summed E-state index contributed by atoms with van der Waals surface area (Å²) in [7, 11) is 0. The Morgan fingerprint density at radius 1 is 0.947 bits per heavy atom. The number of alkyl halides is 1. The molecule has 19 heavy (non-hydrogen) atoms. The van der Waals surface area contributed by atoms with Crippen molar-refractivity contribution < 1.29 is 4.74 Å². The van der Waals surface area contributed by atoms with Crippen LogP contribution in [0.3, 0.4) is 0 Å². The molecule has 1 unspecified atom stereocenters. The summed E-state index contributed by atoms with van der Waals surface area (Å²) in [6.45, 7) is 4.06. The summed E-state index contributed by atoms with van der Waals surface area (Å²) < 4.78 is 6.74. The van der Waals surface area contributed by atoms with E-state index in [2.05, 4.69) is 56.1 Å². The van der Waals surface area contributed by atoms with E-state index < -0.39 is 0 Å². The predicted molar refractivity (Wildman–Crippen MR) is 87.1 cm³/mol. The fraction of sp³-hybridized carbons (Fsp3) is 0.250. The lowest BCUT2D eigenvalue weighted by Gasteiger charge is -2.13. The lowest BCUT2D eigenvalue weighted by Crippen LogP contribution is -2.05. The third-order valence-electron chi connectivity index (χ3n) is 2.69. The Balaban J connectivity index is 2.17. The monoisotopic (exact) mass is 382 g/mol. The van der Waals surface area contributed by atoms with Crippen LogP contribution in [0.1, 0.15) is 29.8 Å². The van der Waals surface area contributed by atoms with Gasteiger partial charge in [-0.25, -0.2) is 0 Å². The zero-order valence-electron chi connectivity index (χ0n) is 10.9. The second kappa shape index (κ2) is 6.58. The first kappa shape index (κ1) is 14.6. The van der Waals surface area contributed by atoms with Gasteiger partial charge in [-0.3, -0.25) is 0 Å². The lowest BCUT2D eigenvalue weighted by atomic mass is 10.0. The molecule has 100 valence electrons. The Morgan fingerprint density at radius 2 is 1.63 bits per heavy atom. The highest BCUT2D eigenvalue weighted by Gasteiger charge is 2.10. The van der Waals surface area contributed by atoms with E-state index in [1.807, 2.05) is 38.1 Å². The topological polar surface area (TPSA) is 9.23 Å². The molecular formula is C16H16Br2O. The van der Waals surface area contributed by atoms with Crippen LogP contribution >= 0.6 is 31.9 Å². The maximum absolute atomic E-state index is 5.65. The first-order valence-electron chi connectivity index (χ1n) is 6.22. The van der Waals surface area contributed by atoms with Crippen LogP contribution in [0.4, 0.5) is 0 Å². The van der Waals surface area contributed by atoms with Crippen LogP contribution in [0.2, 0.25) is 0 Å². The highest BCUT2D eigenvalue weighted by molar-refractivity contribution is 9.10. The fourth-order valence-corrected chi connectivity index (χ4v) is 2.85. The van der Waals surface area contributed by atoms with Gasteiger partial charge in [-0.1, -0.05) is 56.1 Å². The molecule has 2 aromatic carbocycles. The molecule has 0 spiro atoms. The summed E-state index contributed by atoms with van der Waals surface area (Å²) in [6, 6.07) is 16.5. The molecule has 0 aliphatic rings. The van der Waals surface area contributed by atoms with E-state index in [0.29, 0.717) is 0 Å². The van der Waals surface area contributed by atoms with E-state index in [0.717, 1.165) is 10.2 Å². The molecule has 0 radical (unpaired) electrons. The largest absolute Gasteiger partial charge is 0.491 e. The minimum atomic E-state index is 0.193. The Kier molecular flexibility index (Phi) is 5.06. The number of rotatable bonds is 4. The van der Waals surface area contributed by atoms with Gasteiger partial charge in [0.2, 0.25) is 0 Å². The molecule has 0 bridgehead atoms. The average Bonchev–Trinajstić information content (AvgIpc) is 2.38. The van der Waals surface area contributed by atoms with Gasteiger partial charge in [-0.2, -0.15) is 0 Å². The van der Waals surface area contributed by atoms with Crippen LogP contribution in [0, 0.1) is 0 Å². The highest BCUT2D eigenvalue weighted by atomic mass is 79.9. The number of hydrogen-bond donors (Lipinski definition) is 0. The zero-order valence-corrected chi connectivity index (χ0v) is 14.1. The molecule has 1 atom stereocenters. The van der Waals surface area contributed by atoms with Gasteiger partial charge in [-0.05, 0) is 49.2 Å². The molecule has 1 nitrogen and oxygen atoms in total. The second-order valence-electron chi connectivity index (χ2n) is 4.65. The van der Waals surface area contributed by atoms with E-state index in [1.165, 1.54) is 11.1 Å². The Hall–Kier alpha value is -0.800. The van der Waals surface area contributed by atoms with E-state index in [4.69, 9.17) is 4.74 Å². The molecule has 0 aromatic heterocycles. The Labute approximate surface area is 131 Å². The first-order chi connectivity index (χ1) is 9.06. The molecule has 0 aliphatic heterocycles. The minimum absolute atomic E-state index is 0.193. The average molecular weight is 384 g/mol. The Bertz CT molecular complexity index is 535. The third-order valence-corrected chi connectivity index (χ3v) is 4.24. The van der Waals surface area contributed by atoms with Crippen molar-refractivity contribution >= 4 is 31.9 Å². The summed E-state index contributed by atoms with van der Waals surface area (Å²) in [5, 5.41) is 0. The first-order valence-corrected chi connectivity index (χ1v) is 7.93. The molecular weight excluding hydrogens is 368 g/mol. The maximum atomic E-state index is 5.65. The van der Waals surface area contributed by atoms with Gasteiger partial charge in [0, 0.05) is 4.47 Å². The molecule has 0 saturated carbocycles. The van der Waals surface area contributed by atoms with Crippen LogP contribution in [-0.4, -0.2) is 6.10 Å². The van der Waals surface area contributed by atoms with Crippen LogP contribution in [-0.2, 0) is 0 Å². The van der Waals surface area contributed by atoms with Gasteiger partial charge in [-0.15, -0.1) is 0 Å². The normalized spacial score (nSPS) is 12.5. The van der Waals surface area contributed by atoms with Crippen molar-refractivity contribution in [1.82, 2.24) is 0 Å². The molecule has 0 amide bonds. The van der Waals surface area contributed by atoms with Crippen LogP contribution in [0.15, 0.2) is 53.0 Å². The second-order valence-corrected chi connectivity index (χ2v) is 6.48. The lowest BCUT2D eigenvalue weighted by molar-refractivity contribution is 0.242. The predicted octanol–water partition coefficient (Wildman–Crippen LogP) is 5.72. The SMILES string of the molecule is CC(C)Oc1ccc(C(Br)c2cccc(Br)c2)cc1. The zero-order chi connectivity index (χ0) is 13.8. The van der Waals surface area contributed by atoms with Crippen molar-refractivity contribution in [1.29, 1.82) is 0 Å². The summed E-state index contributed by atoms with van der Waals surface area (Å²) in [5.74, 6) is 0.910. The van der Waals surface area contributed by atoms with Crippen molar-refractivity contribution in [2.24, 2.45) is 0 Å². The van der Waals surface area contributed by atoms with Gasteiger partial charge in [0.25, 0.3) is 0 Å².